The summed E-state index contributed by atoms with van der Waals surface area (Å²) in [7, 11) is 3.42. The van der Waals surface area contributed by atoms with Crippen LogP contribution in [0.15, 0.2) is 36.8 Å². The molecule has 5 rings (SSSR count). The second kappa shape index (κ2) is 7.48. The second-order valence-corrected chi connectivity index (χ2v) is 9.56. The zero-order valence-corrected chi connectivity index (χ0v) is 18.2. The van der Waals surface area contributed by atoms with Gasteiger partial charge in [0.15, 0.2) is 0 Å². The molecule has 1 saturated carbocycles. The third-order valence-corrected chi connectivity index (χ3v) is 7.77. The highest BCUT2D eigenvalue weighted by molar-refractivity contribution is 5.83. The fourth-order valence-corrected chi connectivity index (χ4v) is 5.89. The van der Waals surface area contributed by atoms with Crippen LogP contribution in [0.1, 0.15) is 43.7 Å². The number of imidazole rings is 1. The normalized spacial score (nSPS) is 25.6. The number of hydrogen-bond donors (Lipinski definition) is 1. The molecular weight excluding hydrogens is 392 g/mol. The van der Waals surface area contributed by atoms with E-state index < -0.39 is 0 Å². The van der Waals surface area contributed by atoms with E-state index in [0.29, 0.717) is 13.1 Å². The number of likely N-dealkylation sites (tertiary alicyclic amines) is 1. The van der Waals surface area contributed by atoms with E-state index >= 15 is 0 Å². The summed E-state index contributed by atoms with van der Waals surface area (Å²) in [4.78, 5) is 32.0. The predicted octanol–water partition coefficient (Wildman–Crippen LogP) is 2.31. The molecule has 1 aromatic carbocycles. The molecule has 3 heterocycles. The van der Waals surface area contributed by atoms with E-state index in [2.05, 4.69) is 33.8 Å². The van der Waals surface area contributed by atoms with Crippen LogP contribution in [-0.4, -0.2) is 69.6 Å². The van der Waals surface area contributed by atoms with Gasteiger partial charge in [-0.05, 0) is 24.8 Å². The molecule has 3 unspecified atom stereocenters. The third kappa shape index (κ3) is 3.17. The molecule has 1 aromatic heterocycles. The minimum Gasteiger partial charge on any atom is -0.392 e. The number of carbonyl (C=O) groups is 2. The highest BCUT2D eigenvalue weighted by Crippen LogP contribution is 2.59. The zero-order chi connectivity index (χ0) is 21.8. The van der Waals surface area contributed by atoms with Gasteiger partial charge in [0.25, 0.3) is 0 Å². The summed E-state index contributed by atoms with van der Waals surface area (Å²) in [5.74, 6) is 0.189. The molecule has 2 fully saturated rings. The Morgan fingerprint density at radius 3 is 2.65 bits per heavy atom. The molecule has 3 atom stereocenters. The maximum atomic E-state index is 12.5. The lowest BCUT2D eigenvalue weighted by Gasteiger charge is -2.58. The van der Waals surface area contributed by atoms with Crippen LogP contribution in [0.25, 0.3) is 11.3 Å². The maximum absolute atomic E-state index is 12.5. The summed E-state index contributed by atoms with van der Waals surface area (Å²) in [6, 6.07) is 8.55. The number of benzene rings is 1. The van der Waals surface area contributed by atoms with Crippen LogP contribution < -0.4 is 0 Å². The molecule has 1 spiro atoms. The van der Waals surface area contributed by atoms with Crippen LogP contribution in [-0.2, 0) is 9.59 Å². The Hall–Kier alpha value is -2.67. The predicted molar refractivity (Wildman–Crippen MR) is 116 cm³/mol. The largest absolute Gasteiger partial charge is 0.392 e. The molecule has 1 saturated heterocycles. The van der Waals surface area contributed by atoms with E-state index in [9.17, 15) is 14.7 Å². The van der Waals surface area contributed by atoms with E-state index in [1.54, 1.807) is 14.1 Å². The van der Waals surface area contributed by atoms with Crippen LogP contribution >= 0.6 is 0 Å². The van der Waals surface area contributed by atoms with Gasteiger partial charge in [0.2, 0.25) is 11.8 Å². The number of rotatable bonds is 4. The summed E-state index contributed by atoms with van der Waals surface area (Å²) in [6.07, 6.45) is 6.53. The van der Waals surface area contributed by atoms with Crippen molar-refractivity contribution in [3.8, 4) is 11.3 Å². The molecule has 2 aromatic rings. The van der Waals surface area contributed by atoms with Crippen LogP contribution in [0.5, 0.6) is 0 Å². The van der Waals surface area contributed by atoms with E-state index in [-0.39, 0.29) is 48.1 Å². The number of nitrogens with zero attached hydrogens (tertiary/aromatic N) is 4. The number of hydrogen-bond acceptors (Lipinski definition) is 4. The lowest BCUT2D eigenvalue weighted by molar-refractivity contribution is -0.164. The van der Waals surface area contributed by atoms with E-state index in [0.717, 1.165) is 25.0 Å². The number of fused-ring (bicyclic) bond motifs is 3. The summed E-state index contributed by atoms with van der Waals surface area (Å²) in [5, 5.41) is 11.3. The van der Waals surface area contributed by atoms with Crippen molar-refractivity contribution in [3.05, 3.63) is 42.4 Å². The fourth-order valence-electron chi connectivity index (χ4n) is 5.89. The van der Waals surface area contributed by atoms with Crippen LogP contribution in [0.3, 0.4) is 0 Å². The smallest absolute Gasteiger partial charge is 0.223 e. The van der Waals surface area contributed by atoms with Gasteiger partial charge in [-0.2, -0.15) is 0 Å². The second-order valence-electron chi connectivity index (χ2n) is 9.56. The van der Waals surface area contributed by atoms with Gasteiger partial charge in [-0.25, -0.2) is 4.98 Å². The van der Waals surface area contributed by atoms with Crippen molar-refractivity contribution in [1.82, 2.24) is 19.4 Å². The van der Waals surface area contributed by atoms with E-state index in [4.69, 9.17) is 0 Å². The van der Waals surface area contributed by atoms with Gasteiger partial charge in [-0.1, -0.05) is 24.3 Å². The van der Waals surface area contributed by atoms with Gasteiger partial charge in [0.05, 0.1) is 30.4 Å². The number of aromatic nitrogens is 2. The van der Waals surface area contributed by atoms with Crippen molar-refractivity contribution in [2.75, 3.05) is 27.2 Å². The number of piperidine rings is 1. The molecule has 7 nitrogen and oxygen atoms in total. The van der Waals surface area contributed by atoms with Gasteiger partial charge in [0.1, 0.15) is 0 Å². The lowest BCUT2D eigenvalue weighted by Crippen LogP contribution is -2.59. The molecule has 2 amide bonds. The minimum atomic E-state index is -0.383. The Bertz CT molecular complexity index is 1010. The lowest BCUT2D eigenvalue weighted by atomic mass is 9.53. The Balaban J connectivity index is 1.23. The first kappa shape index (κ1) is 20.2. The van der Waals surface area contributed by atoms with Crippen molar-refractivity contribution in [3.63, 3.8) is 0 Å². The molecule has 3 aliphatic rings. The average Bonchev–Trinajstić information content (AvgIpc) is 3.37. The van der Waals surface area contributed by atoms with Crippen LogP contribution in [0, 0.1) is 11.3 Å². The summed E-state index contributed by atoms with van der Waals surface area (Å²) in [5.41, 5.74) is 3.52. The highest BCUT2D eigenvalue weighted by atomic mass is 16.3. The molecule has 31 heavy (non-hydrogen) atoms. The number of aliphatic hydroxyl groups excluding tert-OH is 1. The van der Waals surface area contributed by atoms with Gasteiger partial charge >= 0.3 is 0 Å². The average molecular weight is 423 g/mol. The molecule has 2 aliphatic heterocycles. The fraction of sp³-hybridized carbons (Fsp3) is 0.542. The van der Waals surface area contributed by atoms with E-state index in [1.807, 2.05) is 17.4 Å². The van der Waals surface area contributed by atoms with Crippen molar-refractivity contribution >= 4 is 11.8 Å². The maximum Gasteiger partial charge on any atom is 0.223 e. The summed E-state index contributed by atoms with van der Waals surface area (Å²) in [6.45, 7) is 1.33. The zero-order valence-electron chi connectivity index (χ0n) is 18.2. The first-order chi connectivity index (χ1) is 14.9. The summed E-state index contributed by atoms with van der Waals surface area (Å²) < 4.78 is 2.21. The summed E-state index contributed by atoms with van der Waals surface area (Å²) >= 11 is 0. The SMILES string of the molecule is CN(C)C(=O)CCC(=O)N1CCC2(CC1)CC(C1c3ccccc3-c3cncn31)C2O. The van der Waals surface area contributed by atoms with Gasteiger partial charge in [0, 0.05) is 56.9 Å². The topological polar surface area (TPSA) is 78.7 Å². The van der Waals surface area contributed by atoms with Gasteiger partial charge in [-0.3, -0.25) is 9.59 Å². The molecule has 1 N–H and O–H groups in total. The Morgan fingerprint density at radius 2 is 1.94 bits per heavy atom. The molecular formula is C24H30N4O3. The number of amides is 2. The number of carbonyl (C=O) groups excluding carboxylic acids is 2. The van der Waals surface area contributed by atoms with Crippen molar-refractivity contribution < 1.29 is 14.7 Å². The molecule has 164 valence electrons. The standard InChI is InChI=1S/C24H30N4O3/c1-26(2)20(29)7-8-21(30)27-11-9-24(10-12-27)13-18(23(24)31)22-17-6-4-3-5-16(17)19-14-25-15-28(19)22/h3-6,14-15,18,22-23,31H,7-13H2,1-2H3. The van der Waals surface area contributed by atoms with Crippen LogP contribution in [0.4, 0.5) is 0 Å². The molecule has 7 heteroatoms. The number of aliphatic hydroxyl groups is 1. The highest BCUT2D eigenvalue weighted by Gasteiger charge is 2.58. The monoisotopic (exact) mass is 422 g/mol. The Morgan fingerprint density at radius 1 is 1.19 bits per heavy atom. The van der Waals surface area contributed by atoms with Crippen molar-refractivity contribution in [1.29, 1.82) is 0 Å². The first-order valence-corrected chi connectivity index (χ1v) is 11.2. The minimum absolute atomic E-state index is 0.0187. The first-order valence-electron chi connectivity index (χ1n) is 11.2. The Kier molecular flexibility index (Phi) is 4.88. The molecule has 1 aliphatic carbocycles. The van der Waals surface area contributed by atoms with Crippen LogP contribution in [0.2, 0.25) is 0 Å². The van der Waals surface area contributed by atoms with Crippen molar-refractivity contribution in [2.24, 2.45) is 11.3 Å². The van der Waals surface area contributed by atoms with E-state index in [1.165, 1.54) is 16.0 Å². The Labute approximate surface area is 182 Å². The van der Waals surface area contributed by atoms with Gasteiger partial charge in [-0.15, -0.1) is 0 Å². The molecule has 0 bridgehead atoms. The quantitative estimate of drug-likeness (QED) is 0.820. The third-order valence-electron chi connectivity index (χ3n) is 7.77. The van der Waals surface area contributed by atoms with Crippen molar-refractivity contribution in [2.45, 2.75) is 44.2 Å². The molecule has 0 radical (unpaired) electrons. The van der Waals surface area contributed by atoms with Gasteiger partial charge < -0.3 is 19.5 Å².